The molecule has 0 aliphatic heterocycles. The van der Waals surface area contributed by atoms with Gasteiger partial charge in [-0.3, -0.25) is 0 Å². The number of aromatic nitrogens is 2. The molecule has 19 heavy (non-hydrogen) atoms. The fourth-order valence-corrected chi connectivity index (χ4v) is 2.14. The number of fused-ring (bicyclic) bond motifs is 1. The van der Waals surface area contributed by atoms with Gasteiger partial charge in [-0.05, 0) is 17.5 Å². The van der Waals surface area contributed by atoms with Crippen LogP contribution >= 0.6 is 0 Å². The number of ether oxygens (including phenoxy) is 1. The zero-order valence-electron chi connectivity index (χ0n) is 12.2. The normalized spacial score (nSPS) is 13.9. The Kier molecular flexibility index (Phi) is 3.92. The number of nitrogens with zero attached hydrogens (tertiary/aromatic N) is 2. The van der Waals surface area contributed by atoms with Crippen molar-refractivity contribution in [3.63, 3.8) is 0 Å². The Labute approximate surface area is 114 Å². The first kappa shape index (κ1) is 14.0. The predicted octanol–water partition coefficient (Wildman–Crippen LogP) is 2.73. The van der Waals surface area contributed by atoms with Gasteiger partial charge in [-0.15, -0.1) is 0 Å². The Morgan fingerprint density at radius 3 is 2.63 bits per heavy atom. The van der Waals surface area contributed by atoms with E-state index in [9.17, 15) is 0 Å². The molecule has 0 radical (unpaired) electrons. The van der Waals surface area contributed by atoms with Crippen molar-refractivity contribution in [1.82, 2.24) is 9.55 Å². The molecule has 1 atom stereocenters. The van der Waals surface area contributed by atoms with Gasteiger partial charge in [-0.2, -0.15) is 0 Å². The fraction of sp³-hybridized carbons (Fsp3) is 0.533. The highest BCUT2D eigenvalue weighted by Crippen LogP contribution is 2.31. The molecule has 2 N–H and O–H groups in total. The van der Waals surface area contributed by atoms with Crippen LogP contribution in [0.2, 0.25) is 0 Å². The topological polar surface area (TPSA) is 53.1 Å². The minimum absolute atomic E-state index is 0.0216. The second kappa shape index (κ2) is 5.31. The van der Waals surface area contributed by atoms with Gasteiger partial charge in [-0.1, -0.05) is 32.9 Å². The molecule has 0 aliphatic carbocycles. The van der Waals surface area contributed by atoms with Gasteiger partial charge in [0.1, 0.15) is 5.82 Å². The molecule has 104 valence electrons. The van der Waals surface area contributed by atoms with Crippen molar-refractivity contribution < 1.29 is 4.74 Å². The molecule has 1 aromatic carbocycles. The number of methoxy groups -OCH3 is 1. The van der Waals surface area contributed by atoms with Gasteiger partial charge in [0.2, 0.25) is 0 Å². The van der Waals surface area contributed by atoms with Crippen LogP contribution < -0.4 is 5.73 Å². The van der Waals surface area contributed by atoms with Gasteiger partial charge in [0.05, 0.1) is 23.7 Å². The van der Waals surface area contributed by atoms with E-state index in [0.717, 1.165) is 23.4 Å². The van der Waals surface area contributed by atoms with Crippen LogP contribution in [0.5, 0.6) is 0 Å². The third-order valence-electron chi connectivity index (χ3n) is 3.41. The molecule has 4 heteroatoms. The Hall–Kier alpha value is -1.39. The molecule has 2 aromatic rings. The summed E-state index contributed by atoms with van der Waals surface area (Å²) in [5.41, 5.74) is 8.48. The predicted molar refractivity (Wildman–Crippen MR) is 78.0 cm³/mol. The van der Waals surface area contributed by atoms with E-state index in [1.165, 1.54) is 0 Å². The molecular weight excluding hydrogens is 238 g/mol. The molecule has 0 bridgehead atoms. The number of nitrogens with two attached hydrogens (primary N) is 1. The number of imidazole rings is 1. The van der Waals surface area contributed by atoms with Crippen LogP contribution in [0.3, 0.4) is 0 Å². The van der Waals surface area contributed by atoms with Gasteiger partial charge >= 0.3 is 0 Å². The summed E-state index contributed by atoms with van der Waals surface area (Å²) in [6.45, 7) is 7.84. The summed E-state index contributed by atoms with van der Waals surface area (Å²) < 4.78 is 7.37. The molecule has 1 aromatic heterocycles. The smallest absolute Gasteiger partial charge is 0.127 e. The van der Waals surface area contributed by atoms with Crippen molar-refractivity contribution in [2.45, 2.75) is 33.4 Å². The van der Waals surface area contributed by atoms with Crippen LogP contribution in [0, 0.1) is 5.41 Å². The van der Waals surface area contributed by atoms with E-state index in [4.69, 9.17) is 15.5 Å². The average Bonchev–Trinajstić information content (AvgIpc) is 2.72. The van der Waals surface area contributed by atoms with Gasteiger partial charge in [0.15, 0.2) is 0 Å². The minimum atomic E-state index is -0.100. The highest BCUT2D eigenvalue weighted by atomic mass is 16.5. The monoisotopic (exact) mass is 261 g/mol. The minimum Gasteiger partial charge on any atom is -0.383 e. The Morgan fingerprint density at radius 1 is 1.32 bits per heavy atom. The molecule has 0 saturated carbocycles. The SMILES string of the molecule is COCCn1c(C(N)C(C)(C)C)nc2ccccc21. The summed E-state index contributed by atoms with van der Waals surface area (Å²) in [5, 5.41) is 0. The van der Waals surface area contributed by atoms with Crippen LogP contribution in [-0.2, 0) is 11.3 Å². The summed E-state index contributed by atoms with van der Waals surface area (Å²) in [5.74, 6) is 0.936. The summed E-state index contributed by atoms with van der Waals surface area (Å²) in [7, 11) is 1.71. The van der Waals surface area contributed by atoms with E-state index in [1.807, 2.05) is 18.2 Å². The summed E-state index contributed by atoms with van der Waals surface area (Å²) in [6.07, 6.45) is 0. The van der Waals surface area contributed by atoms with Gasteiger partial charge < -0.3 is 15.0 Å². The third kappa shape index (κ3) is 2.80. The first-order chi connectivity index (χ1) is 8.95. The highest BCUT2D eigenvalue weighted by molar-refractivity contribution is 5.76. The maximum Gasteiger partial charge on any atom is 0.127 e. The van der Waals surface area contributed by atoms with Crippen LogP contribution in [0.25, 0.3) is 11.0 Å². The van der Waals surface area contributed by atoms with Crippen LogP contribution in [0.1, 0.15) is 32.6 Å². The van der Waals surface area contributed by atoms with Crippen molar-refractivity contribution in [3.05, 3.63) is 30.1 Å². The second-order valence-electron chi connectivity index (χ2n) is 5.95. The standard InChI is InChI=1S/C15H23N3O/c1-15(2,3)13(16)14-17-11-7-5-6-8-12(11)18(14)9-10-19-4/h5-8,13H,9-10,16H2,1-4H3. The lowest BCUT2D eigenvalue weighted by Crippen LogP contribution is -2.29. The van der Waals surface area contributed by atoms with Gasteiger partial charge in [0, 0.05) is 13.7 Å². The molecule has 0 saturated heterocycles. The number of hydrogen-bond donors (Lipinski definition) is 1. The Balaban J connectivity index is 2.52. The summed E-state index contributed by atoms with van der Waals surface area (Å²) in [6, 6.07) is 8.04. The Bertz CT molecular complexity index is 554. The maximum absolute atomic E-state index is 6.38. The molecule has 0 amide bonds. The van der Waals surface area contributed by atoms with E-state index >= 15 is 0 Å². The quantitative estimate of drug-likeness (QED) is 0.920. The van der Waals surface area contributed by atoms with E-state index in [0.29, 0.717) is 6.61 Å². The number of para-hydroxylation sites is 2. The molecular formula is C15H23N3O. The molecule has 1 heterocycles. The van der Waals surface area contributed by atoms with E-state index < -0.39 is 0 Å². The molecule has 4 nitrogen and oxygen atoms in total. The molecule has 0 aliphatic rings. The number of rotatable bonds is 4. The van der Waals surface area contributed by atoms with E-state index in [2.05, 4.69) is 31.4 Å². The van der Waals surface area contributed by atoms with Crippen LogP contribution in [0.4, 0.5) is 0 Å². The van der Waals surface area contributed by atoms with Crippen LogP contribution in [0.15, 0.2) is 24.3 Å². The van der Waals surface area contributed by atoms with Crippen molar-refractivity contribution in [2.24, 2.45) is 11.1 Å². The maximum atomic E-state index is 6.38. The second-order valence-corrected chi connectivity index (χ2v) is 5.95. The van der Waals surface area contributed by atoms with Crippen molar-refractivity contribution in [1.29, 1.82) is 0 Å². The van der Waals surface area contributed by atoms with Gasteiger partial charge in [-0.25, -0.2) is 4.98 Å². The van der Waals surface area contributed by atoms with Crippen molar-refractivity contribution in [3.8, 4) is 0 Å². The highest BCUT2D eigenvalue weighted by Gasteiger charge is 2.27. The van der Waals surface area contributed by atoms with Crippen LogP contribution in [-0.4, -0.2) is 23.3 Å². The first-order valence-corrected chi connectivity index (χ1v) is 6.65. The third-order valence-corrected chi connectivity index (χ3v) is 3.41. The lowest BCUT2D eigenvalue weighted by molar-refractivity contribution is 0.185. The zero-order valence-corrected chi connectivity index (χ0v) is 12.2. The fourth-order valence-electron chi connectivity index (χ4n) is 2.14. The number of hydrogen-bond acceptors (Lipinski definition) is 3. The lowest BCUT2D eigenvalue weighted by atomic mass is 9.87. The van der Waals surface area contributed by atoms with Crippen molar-refractivity contribution in [2.75, 3.05) is 13.7 Å². The largest absolute Gasteiger partial charge is 0.383 e. The average molecular weight is 261 g/mol. The zero-order chi connectivity index (χ0) is 14.0. The van der Waals surface area contributed by atoms with Crippen molar-refractivity contribution >= 4 is 11.0 Å². The first-order valence-electron chi connectivity index (χ1n) is 6.65. The molecule has 2 rings (SSSR count). The summed E-state index contributed by atoms with van der Waals surface area (Å²) in [4.78, 5) is 4.71. The number of benzene rings is 1. The summed E-state index contributed by atoms with van der Waals surface area (Å²) >= 11 is 0. The Morgan fingerprint density at radius 2 is 2.00 bits per heavy atom. The van der Waals surface area contributed by atoms with E-state index in [1.54, 1.807) is 7.11 Å². The lowest BCUT2D eigenvalue weighted by Gasteiger charge is -2.27. The molecule has 1 unspecified atom stereocenters. The van der Waals surface area contributed by atoms with E-state index in [-0.39, 0.29) is 11.5 Å². The molecule has 0 fully saturated rings. The molecule has 0 spiro atoms. The van der Waals surface area contributed by atoms with Gasteiger partial charge in [0.25, 0.3) is 0 Å².